The molecule has 2 N–H and O–H groups in total. The van der Waals surface area contributed by atoms with Crippen LogP contribution in [0.4, 0.5) is 5.69 Å². The summed E-state index contributed by atoms with van der Waals surface area (Å²) in [6, 6.07) is 4.69. The molecule has 0 spiro atoms. The molecule has 1 amide bonds. The van der Waals surface area contributed by atoms with Crippen LogP contribution in [0.25, 0.3) is 0 Å². The van der Waals surface area contributed by atoms with Crippen molar-refractivity contribution in [1.29, 1.82) is 0 Å². The highest BCUT2D eigenvalue weighted by Crippen LogP contribution is 2.27. The lowest BCUT2D eigenvalue weighted by molar-refractivity contribution is -0.121. The Morgan fingerprint density at radius 1 is 1.50 bits per heavy atom. The number of carboxylic acid groups (broad SMARTS) is 1. The van der Waals surface area contributed by atoms with Gasteiger partial charge in [0.25, 0.3) is 0 Å². The van der Waals surface area contributed by atoms with E-state index >= 15 is 0 Å². The second-order valence-electron chi connectivity index (χ2n) is 4.70. The minimum Gasteiger partial charge on any atom is -0.478 e. The lowest BCUT2D eigenvalue weighted by Crippen LogP contribution is -2.29. The minimum atomic E-state index is -1.07. The first-order valence-electron chi connectivity index (χ1n) is 6.48. The van der Waals surface area contributed by atoms with Gasteiger partial charge in [-0.25, -0.2) is 4.79 Å². The zero-order valence-corrected chi connectivity index (χ0v) is 12.6. The predicted octanol–water partition coefficient (Wildman–Crippen LogP) is 2.90. The van der Waals surface area contributed by atoms with Gasteiger partial charge in [0.2, 0.25) is 5.91 Å². The Morgan fingerprint density at radius 2 is 2.25 bits per heavy atom. The van der Waals surface area contributed by atoms with Gasteiger partial charge in [-0.15, -0.1) is 0 Å². The molecule has 1 aliphatic heterocycles. The Hall–Kier alpha value is -1.40. The standard InChI is InChI=1S/C14H16BrNO4/c1-2-12-10(5-6-20-12)13(17)16-11-7-8(15)3-4-9(11)14(18)19/h3-4,7,10,12H,2,5-6H2,1H3,(H,16,17)(H,18,19). The summed E-state index contributed by atoms with van der Waals surface area (Å²) in [4.78, 5) is 23.4. The van der Waals surface area contributed by atoms with Crippen LogP contribution < -0.4 is 5.32 Å². The quantitative estimate of drug-likeness (QED) is 0.882. The zero-order chi connectivity index (χ0) is 14.7. The molecule has 0 radical (unpaired) electrons. The molecular weight excluding hydrogens is 326 g/mol. The molecule has 0 bridgehead atoms. The van der Waals surface area contributed by atoms with Crippen molar-refractivity contribution in [2.45, 2.75) is 25.9 Å². The van der Waals surface area contributed by atoms with Crippen LogP contribution in [0.1, 0.15) is 30.1 Å². The maximum atomic E-state index is 12.3. The van der Waals surface area contributed by atoms with Crippen molar-refractivity contribution in [3.63, 3.8) is 0 Å². The number of carbonyl (C=O) groups excluding carboxylic acids is 1. The smallest absolute Gasteiger partial charge is 0.337 e. The van der Waals surface area contributed by atoms with Gasteiger partial charge >= 0.3 is 5.97 Å². The average molecular weight is 342 g/mol. The highest BCUT2D eigenvalue weighted by molar-refractivity contribution is 9.10. The molecule has 1 saturated heterocycles. The van der Waals surface area contributed by atoms with Gasteiger partial charge in [0, 0.05) is 11.1 Å². The predicted molar refractivity (Wildman–Crippen MR) is 77.9 cm³/mol. The topological polar surface area (TPSA) is 75.6 Å². The zero-order valence-electron chi connectivity index (χ0n) is 11.1. The van der Waals surface area contributed by atoms with Gasteiger partial charge in [-0.2, -0.15) is 0 Å². The number of halogens is 1. The van der Waals surface area contributed by atoms with E-state index in [4.69, 9.17) is 9.84 Å². The number of carboxylic acids is 1. The van der Waals surface area contributed by atoms with Crippen LogP contribution in [-0.4, -0.2) is 29.7 Å². The number of amides is 1. The van der Waals surface area contributed by atoms with Crippen molar-refractivity contribution in [1.82, 2.24) is 0 Å². The maximum Gasteiger partial charge on any atom is 0.337 e. The van der Waals surface area contributed by atoms with Gasteiger partial charge in [0.1, 0.15) is 0 Å². The van der Waals surface area contributed by atoms with E-state index in [1.165, 1.54) is 6.07 Å². The van der Waals surface area contributed by atoms with E-state index in [0.717, 1.165) is 6.42 Å². The maximum absolute atomic E-state index is 12.3. The number of nitrogens with one attached hydrogen (secondary N) is 1. The molecule has 6 heteroatoms. The summed E-state index contributed by atoms with van der Waals surface area (Å²) in [6.07, 6.45) is 1.35. The van der Waals surface area contributed by atoms with Gasteiger partial charge in [-0.1, -0.05) is 22.9 Å². The molecule has 5 nitrogen and oxygen atoms in total. The molecule has 1 fully saturated rings. The third kappa shape index (κ3) is 3.19. The van der Waals surface area contributed by atoms with Crippen molar-refractivity contribution in [3.8, 4) is 0 Å². The molecule has 20 heavy (non-hydrogen) atoms. The number of rotatable bonds is 4. The molecule has 1 aromatic rings. The highest BCUT2D eigenvalue weighted by Gasteiger charge is 2.33. The fourth-order valence-electron chi connectivity index (χ4n) is 2.38. The molecule has 0 saturated carbocycles. The number of benzene rings is 1. The van der Waals surface area contributed by atoms with Crippen LogP contribution in [0.15, 0.2) is 22.7 Å². The third-order valence-electron chi connectivity index (χ3n) is 3.42. The third-order valence-corrected chi connectivity index (χ3v) is 3.91. The first kappa shape index (κ1) is 15.0. The lowest BCUT2D eigenvalue weighted by Gasteiger charge is -2.17. The van der Waals surface area contributed by atoms with Gasteiger partial charge < -0.3 is 15.2 Å². The van der Waals surface area contributed by atoms with Crippen molar-refractivity contribution in [3.05, 3.63) is 28.2 Å². The summed E-state index contributed by atoms with van der Waals surface area (Å²) in [5.74, 6) is -1.47. The van der Waals surface area contributed by atoms with Gasteiger partial charge in [-0.3, -0.25) is 4.79 Å². The minimum absolute atomic E-state index is 0.0773. The van der Waals surface area contributed by atoms with E-state index in [-0.39, 0.29) is 23.5 Å². The van der Waals surface area contributed by atoms with Crippen molar-refractivity contribution in [2.75, 3.05) is 11.9 Å². The van der Waals surface area contributed by atoms with E-state index in [2.05, 4.69) is 21.2 Å². The molecule has 0 aromatic heterocycles. The molecule has 2 unspecified atom stereocenters. The number of anilines is 1. The number of hydrogen-bond acceptors (Lipinski definition) is 3. The summed E-state index contributed by atoms with van der Waals surface area (Å²) in [6.45, 7) is 2.54. The van der Waals surface area contributed by atoms with Crippen molar-refractivity contribution < 1.29 is 19.4 Å². The number of ether oxygens (including phenoxy) is 1. The van der Waals surface area contributed by atoms with E-state index < -0.39 is 5.97 Å². The van der Waals surface area contributed by atoms with Crippen LogP contribution in [0, 0.1) is 5.92 Å². The van der Waals surface area contributed by atoms with Crippen LogP contribution in [0.5, 0.6) is 0 Å². The molecule has 1 aromatic carbocycles. The second-order valence-corrected chi connectivity index (χ2v) is 5.61. The fraction of sp³-hybridized carbons (Fsp3) is 0.429. The van der Waals surface area contributed by atoms with E-state index in [9.17, 15) is 9.59 Å². The monoisotopic (exact) mass is 341 g/mol. The van der Waals surface area contributed by atoms with Crippen molar-refractivity contribution >= 4 is 33.5 Å². The Labute approximate surface area is 125 Å². The van der Waals surface area contributed by atoms with E-state index in [0.29, 0.717) is 23.2 Å². The fourth-order valence-corrected chi connectivity index (χ4v) is 2.74. The largest absolute Gasteiger partial charge is 0.478 e. The number of carbonyl (C=O) groups is 2. The first-order chi connectivity index (χ1) is 9.52. The molecular formula is C14H16BrNO4. The first-order valence-corrected chi connectivity index (χ1v) is 7.27. The molecule has 2 atom stereocenters. The Kier molecular flexibility index (Phi) is 4.77. The average Bonchev–Trinajstić information content (AvgIpc) is 2.86. The Balaban J connectivity index is 2.19. The van der Waals surface area contributed by atoms with Crippen LogP contribution in [-0.2, 0) is 9.53 Å². The Bertz CT molecular complexity index is 532. The summed E-state index contributed by atoms with van der Waals surface area (Å²) in [7, 11) is 0. The van der Waals surface area contributed by atoms with Crippen LogP contribution in [0.2, 0.25) is 0 Å². The molecule has 108 valence electrons. The van der Waals surface area contributed by atoms with Gasteiger partial charge in [-0.05, 0) is 31.0 Å². The summed E-state index contributed by atoms with van der Waals surface area (Å²) >= 11 is 3.28. The lowest BCUT2D eigenvalue weighted by atomic mass is 9.98. The normalized spacial score (nSPS) is 21.7. The number of aromatic carboxylic acids is 1. The van der Waals surface area contributed by atoms with E-state index in [1.807, 2.05) is 6.92 Å². The highest BCUT2D eigenvalue weighted by atomic mass is 79.9. The summed E-state index contributed by atoms with van der Waals surface area (Å²) in [5.41, 5.74) is 0.382. The number of hydrogen-bond donors (Lipinski definition) is 2. The molecule has 1 aliphatic rings. The molecule has 1 heterocycles. The van der Waals surface area contributed by atoms with Gasteiger partial charge in [0.15, 0.2) is 0 Å². The van der Waals surface area contributed by atoms with Crippen LogP contribution >= 0.6 is 15.9 Å². The van der Waals surface area contributed by atoms with Gasteiger partial charge in [0.05, 0.1) is 23.3 Å². The molecule has 0 aliphatic carbocycles. The van der Waals surface area contributed by atoms with Crippen molar-refractivity contribution in [2.24, 2.45) is 5.92 Å². The summed E-state index contributed by atoms with van der Waals surface area (Å²) < 4.78 is 6.20. The van der Waals surface area contributed by atoms with Crippen LogP contribution in [0.3, 0.4) is 0 Å². The molecule has 2 rings (SSSR count). The van der Waals surface area contributed by atoms with E-state index in [1.54, 1.807) is 12.1 Å². The SMILES string of the molecule is CCC1OCCC1C(=O)Nc1cc(Br)ccc1C(=O)O. The summed E-state index contributed by atoms with van der Waals surface area (Å²) in [5, 5.41) is 11.9. The second kappa shape index (κ2) is 6.37. The Morgan fingerprint density at radius 3 is 2.90 bits per heavy atom.